The molecule has 16 heavy (non-hydrogen) atoms. The van der Waals surface area contributed by atoms with Crippen LogP contribution in [-0.4, -0.2) is 15.5 Å². The Bertz CT molecular complexity index is 345. The van der Waals surface area contributed by atoms with Gasteiger partial charge in [0.05, 0.1) is 0 Å². The molecule has 0 saturated heterocycles. The van der Waals surface area contributed by atoms with Crippen LogP contribution in [0.25, 0.3) is 0 Å². The van der Waals surface area contributed by atoms with Crippen molar-refractivity contribution in [2.75, 3.05) is 11.1 Å². The van der Waals surface area contributed by atoms with E-state index in [-0.39, 0.29) is 5.54 Å². The fraction of sp³-hybridized carbons (Fsp3) is 0.667. The molecule has 1 rings (SSSR count). The minimum atomic E-state index is 0.0752. The van der Waals surface area contributed by atoms with Crippen molar-refractivity contribution in [2.24, 2.45) is 0 Å². The van der Waals surface area contributed by atoms with Gasteiger partial charge in [-0.05, 0) is 19.8 Å². The fourth-order valence-corrected chi connectivity index (χ4v) is 1.48. The highest BCUT2D eigenvalue weighted by Gasteiger charge is 2.19. The van der Waals surface area contributed by atoms with E-state index < -0.39 is 0 Å². The average Bonchev–Trinajstić information content (AvgIpc) is 2.28. The van der Waals surface area contributed by atoms with Crippen molar-refractivity contribution in [3.8, 4) is 0 Å². The minimum absolute atomic E-state index is 0.0752. The van der Waals surface area contributed by atoms with Gasteiger partial charge in [-0.25, -0.2) is 9.97 Å². The predicted molar refractivity (Wildman–Crippen MR) is 68.4 cm³/mol. The van der Waals surface area contributed by atoms with Crippen LogP contribution in [-0.2, 0) is 6.42 Å². The van der Waals surface area contributed by atoms with Crippen molar-refractivity contribution < 1.29 is 0 Å². The van der Waals surface area contributed by atoms with Crippen LogP contribution in [0.3, 0.4) is 0 Å². The fourth-order valence-electron chi connectivity index (χ4n) is 1.48. The van der Waals surface area contributed by atoms with Gasteiger partial charge in [0.1, 0.15) is 17.5 Å². The molecule has 0 unspecified atom stereocenters. The number of hydrogen-bond acceptors (Lipinski definition) is 4. The zero-order valence-electron chi connectivity index (χ0n) is 10.7. The smallest absolute Gasteiger partial charge is 0.132 e. The molecule has 3 N–H and O–H groups in total. The van der Waals surface area contributed by atoms with Crippen LogP contribution in [0.15, 0.2) is 6.07 Å². The number of nitrogens with zero attached hydrogens (tertiary/aromatic N) is 2. The molecule has 0 fully saturated rings. The average molecular weight is 222 g/mol. The summed E-state index contributed by atoms with van der Waals surface area (Å²) < 4.78 is 0. The summed E-state index contributed by atoms with van der Waals surface area (Å²) in [7, 11) is 0. The number of nitrogens with one attached hydrogen (secondary N) is 1. The Labute approximate surface area is 97.7 Å². The summed E-state index contributed by atoms with van der Waals surface area (Å²) in [6.45, 7) is 8.55. The van der Waals surface area contributed by atoms with Crippen molar-refractivity contribution in [3.05, 3.63) is 11.9 Å². The predicted octanol–water partition coefficient (Wildman–Crippen LogP) is 2.61. The molecule has 1 heterocycles. The van der Waals surface area contributed by atoms with E-state index in [1.54, 1.807) is 6.07 Å². The monoisotopic (exact) mass is 222 g/mol. The maximum Gasteiger partial charge on any atom is 0.132 e. The molecule has 0 spiro atoms. The highest BCUT2D eigenvalue weighted by molar-refractivity contribution is 5.46. The van der Waals surface area contributed by atoms with Gasteiger partial charge in [0.2, 0.25) is 0 Å². The Morgan fingerprint density at radius 2 is 1.88 bits per heavy atom. The highest BCUT2D eigenvalue weighted by Crippen LogP contribution is 2.21. The van der Waals surface area contributed by atoms with Gasteiger partial charge in [-0.15, -0.1) is 0 Å². The first-order chi connectivity index (χ1) is 7.53. The van der Waals surface area contributed by atoms with Gasteiger partial charge in [0, 0.05) is 18.0 Å². The molecule has 0 radical (unpaired) electrons. The summed E-state index contributed by atoms with van der Waals surface area (Å²) in [6, 6.07) is 1.79. The molecule has 0 aliphatic heterocycles. The lowest BCUT2D eigenvalue weighted by Gasteiger charge is -2.29. The lowest BCUT2D eigenvalue weighted by Crippen LogP contribution is -2.33. The third-order valence-electron chi connectivity index (χ3n) is 3.10. The maximum absolute atomic E-state index is 5.75. The van der Waals surface area contributed by atoms with Gasteiger partial charge in [-0.3, -0.25) is 0 Å². The van der Waals surface area contributed by atoms with Crippen LogP contribution in [0.4, 0.5) is 11.6 Å². The maximum atomic E-state index is 5.75. The third kappa shape index (κ3) is 3.08. The third-order valence-corrected chi connectivity index (χ3v) is 3.10. The number of rotatable bonds is 5. The first-order valence-corrected chi connectivity index (χ1v) is 5.94. The Hall–Kier alpha value is -1.32. The van der Waals surface area contributed by atoms with Crippen LogP contribution in [0.1, 0.15) is 46.4 Å². The van der Waals surface area contributed by atoms with E-state index in [0.29, 0.717) is 5.82 Å². The largest absolute Gasteiger partial charge is 0.384 e. The van der Waals surface area contributed by atoms with Gasteiger partial charge in [0.15, 0.2) is 0 Å². The van der Waals surface area contributed by atoms with Crippen molar-refractivity contribution in [1.29, 1.82) is 0 Å². The molecule has 1 aromatic rings. The highest BCUT2D eigenvalue weighted by atomic mass is 15.1. The van der Waals surface area contributed by atoms with E-state index in [9.17, 15) is 0 Å². The quantitative estimate of drug-likeness (QED) is 0.803. The Kier molecular flexibility index (Phi) is 4.10. The van der Waals surface area contributed by atoms with Crippen LogP contribution in [0.5, 0.6) is 0 Å². The molecule has 0 aliphatic carbocycles. The van der Waals surface area contributed by atoms with Crippen LogP contribution < -0.4 is 11.1 Å². The van der Waals surface area contributed by atoms with E-state index in [1.165, 1.54) is 0 Å². The molecule has 0 saturated carbocycles. The minimum Gasteiger partial charge on any atom is -0.384 e. The summed E-state index contributed by atoms with van der Waals surface area (Å²) in [4.78, 5) is 8.59. The Morgan fingerprint density at radius 1 is 1.25 bits per heavy atom. The molecular weight excluding hydrogens is 200 g/mol. The second-order valence-corrected chi connectivity index (χ2v) is 4.34. The van der Waals surface area contributed by atoms with E-state index >= 15 is 0 Å². The zero-order chi connectivity index (χ0) is 12.2. The molecule has 4 heteroatoms. The van der Waals surface area contributed by atoms with Crippen molar-refractivity contribution in [2.45, 2.75) is 52.5 Å². The second kappa shape index (κ2) is 5.14. The van der Waals surface area contributed by atoms with Gasteiger partial charge < -0.3 is 11.1 Å². The lowest BCUT2D eigenvalue weighted by atomic mass is 9.96. The van der Waals surface area contributed by atoms with E-state index in [2.05, 4.69) is 36.1 Å². The summed E-state index contributed by atoms with van der Waals surface area (Å²) in [5.74, 6) is 2.15. The molecular formula is C12H22N4. The van der Waals surface area contributed by atoms with Crippen LogP contribution in [0, 0.1) is 0 Å². The first kappa shape index (κ1) is 12.7. The van der Waals surface area contributed by atoms with Gasteiger partial charge >= 0.3 is 0 Å². The number of hydrogen-bond donors (Lipinski definition) is 2. The molecule has 0 atom stereocenters. The van der Waals surface area contributed by atoms with Crippen molar-refractivity contribution in [1.82, 2.24) is 9.97 Å². The second-order valence-electron chi connectivity index (χ2n) is 4.34. The first-order valence-electron chi connectivity index (χ1n) is 5.94. The molecule has 0 bridgehead atoms. The number of anilines is 2. The number of aromatic nitrogens is 2. The molecule has 0 aliphatic rings. The van der Waals surface area contributed by atoms with Crippen LogP contribution in [0.2, 0.25) is 0 Å². The van der Waals surface area contributed by atoms with Crippen molar-refractivity contribution in [3.63, 3.8) is 0 Å². The van der Waals surface area contributed by atoms with Crippen LogP contribution >= 0.6 is 0 Å². The molecule has 0 amide bonds. The lowest BCUT2D eigenvalue weighted by molar-refractivity contribution is 0.476. The summed E-state index contributed by atoms with van der Waals surface area (Å²) >= 11 is 0. The van der Waals surface area contributed by atoms with Gasteiger partial charge in [-0.2, -0.15) is 0 Å². The van der Waals surface area contributed by atoms with Gasteiger partial charge in [-0.1, -0.05) is 20.8 Å². The molecule has 0 aromatic carbocycles. The topological polar surface area (TPSA) is 63.8 Å². The number of aryl methyl sites for hydroxylation is 1. The van der Waals surface area contributed by atoms with E-state index in [4.69, 9.17) is 5.73 Å². The van der Waals surface area contributed by atoms with E-state index in [0.717, 1.165) is 30.9 Å². The summed E-state index contributed by atoms with van der Waals surface area (Å²) in [6.07, 6.45) is 2.90. The summed E-state index contributed by atoms with van der Waals surface area (Å²) in [5, 5.41) is 3.44. The molecule has 1 aromatic heterocycles. The standard InChI is InChI=1S/C12H22N4/c1-5-10-14-9(13)8-11(15-10)16-12(4,6-2)7-3/h8H,5-7H2,1-4H3,(H3,13,14,15,16). The summed E-state index contributed by atoms with van der Waals surface area (Å²) in [5.41, 5.74) is 5.82. The number of nitrogen functional groups attached to an aromatic ring is 1. The molecule has 4 nitrogen and oxygen atoms in total. The number of nitrogens with two attached hydrogens (primary N) is 1. The SMILES string of the molecule is CCc1nc(N)cc(NC(C)(CC)CC)n1. The zero-order valence-corrected chi connectivity index (χ0v) is 10.7. The van der Waals surface area contributed by atoms with Crippen molar-refractivity contribution >= 4 is 11.6 Å². The van der Waals surface area contributed by atoms with E-state index in [1.807, 2.05) is 6.92 Å². The van der Waals surface area contributed by atoms with Gasteiger partial charge in [0.25, 0.3) is 0 Å². The Balaban J connectivity index is 2.92. The normalized spacial score (nSPS) is 11.5. The molecule has 90 valence electrons. The Morgan fingerprint density at radius 3 is 2.38 bits per heavy atom.